The van der Waals surface area contributed by atoms with Gasteiger partial charge in [0, 0.05) is 25.0 Å². The predicted octanol–water partition coefficient (Wildman–Crippen LogP) is 3.26. The number of nitrogens with one attached hydrogen (secondary N) is 1. The van der Waals surface area contributed by atoms with E-state index in [1.165, 1.54) is 30.7 Å². The predicted molar refractivity (Wildman–Crippen MR) is 94.0 cm³/mol. The van der Waals surface area contributed by atoms with Gasteiger partial charge in [-0.2, -0.15) is 0 Å². The van der Waals surface area contributed by atoms with E-state index in [4.69, 9.17) is 0 Å². The minimum atomic E-state index is -0.331. The Bertz CT molecular complexity index is 734. The largest absolute Gasteiger partial charge is 0.356 e. The molecule has 1 aromatic carbocycles. The first-order valence-electron chi connectivity index (χ1n) is 7.88. The van der Waals surface area contributed by atoms with Crippen LogP contribution in [0.4, 0.5) is 15.9 Å². The van der Waals surface area contributed by atoms with E-state index >= 15 is 0 Å². The lowest BCUT2D eigenvalue weighted by molar-refractivity contribution is -0.113. The summed E-state index contributed by atoms with van der Waals surface area (Å²) in [5.74, 6) is 0.547. The molecule has 24 heavy (non-hydrogen) atoms. The number of anilines is 2. The molecule has 1 saturated heterocycles. The highest BCUT2D eigenvalue weighted by Gasteiger charge is 2.14. The van der Waals surface area contributed by atoms with Crippen molar-refractivity contribution >= 4 is 29.2 Å². The lowest BCUT2D eigenvalue weighted by Gasteiger charge is -2.16. The van der Waals surface area contributed by atoms with E-state index in [0.29, 0.717) is 16.4 Å². The first kappa shape index (κ1) is 16.7. The molecule has 1 fully saturated rings. The van der Waals surface area contributed by atoms with Gasteiger partial charge in [-0.1, -0.05) is 17.8 Å². The topological polar surface area (TPSA) is 58.1 Å². The van der Waals surface area contributed by atoms with Crippen LogP contribution in [0.1, 0.15) is 18.4 Å². The molecule has 1 aliphatic rings. The molecule has 7 heteroatoms. The molecule has 0 aliphatic carbocycles. The van der Waals surface area contributed by atoms with Crippen LogP contribution in [0.3, 0.4) is 0 Å². The molecular formula is C17H19FN4OS. The normalized spacial score (nSPS) is 14.0. The number of nitrogens with zero attached hydrogens (tertiary/aromatic N) is 3. The van der Waals surface area contributed by atoms with Crippen molar-refractivity contribution in [1.29, 1.82) is 0 Å². The van der Waals surface area contributed by atoms with Gasteiger partial charge in [-0.3, -0.25) is 4.79 Å². The van der Waals surface area contributed by atoms with Crippen LogP contribution in [0, 0.1) is 12.7 Å². The van der Waals surface area contributed by atoms with Gasteiger partial charge in [0.2, 0.25) is 5.91 Å². The van der Waals surface area contributed by atoms with Gasteiger partial charge in [0.05, 0.1) is 5.75 Å². The smallest absolute Gasteiger partial charge is 0.234 e. The summed E-state index contributed by atoms with van der Waals surface area (Å²) >= 11 is 1.27. The minimum absolute atomic E-state index is 0.180. The SMILES string of the molecule is Cc1ccc(NC(=O)CSc2nccc(N3CCCC3)n2)cc1F. The number of aryl methyl sites for hydroxylation is 1. The third kappa shape index (κ3) is 4.23. The second-order valence-electron chi connectivity index (χ2n) is 5.69. The fourth-order valence-corrected chi connectivity index (χ4v) is 3.15. The first-order chi connectivity index (χ1) is 11.6. The summed E-state index contributed by atoms with van der Waals surface area (Å²) < 4.78 is 13.5. The van der Waals surface area contributed by atoms with Crippen molar-refractivity contribution in [3.8, 4) is 0 Å². The molecule has 0 spiro atoms. The minimum Gasteiger partial charge on any atom is -0.356 e. The Morgan fingerprint density at radius 1 is 1.33 bits per heavy atom. The molecule has 1 aromatic heterocycles. The quantitative estimate of drug-likeness (QED) is 0.665. The van der Waals surface area contributed by atoms with Crippen LogP contribution >= 0.6 is 11.8 Å². The Morgan fingerprint density at radius 3 is 2.88 bits per heavy atom. The lowest BCUT2D eigenvalue weighted by atomic mass is 10.2. The van der Waals surface area contributed by atoms with Crippen LogP contribution in [0.2, 0.25) is 0 Å². The van der Waals surface area contributed by atoms with E-state index in [2.05, 4.69) is 20.2 Å². The number of benzene rings is 1. The molecule has 0 atom stereocenters. The number of halogens is 1. The van der Waals surface area contributed by atoms with E-state index in [-0.39, 0.29) is 17.5 Å². The molecule has 5 nitrogen and oxygen atoms in total. The number of amides is 1. The molecule has 2 aromatic rings. The van der Waals surface area contributed by atoms with Gasteiger partial charge in [0.15, 0.2) is 5.16 Å². The second kappa shape index (κ2) is 7.61. The summed E-state index contributed by atoms with van der Waals surface area (Å²) in [4.78, 5) is 22.9. The van der Waals surface area contributed by atoms with Crippen molar-refractivity contribution in [2.45, 2.75) is 24.9 Å². The van der Waals surface area contributed by atoms with Gasteiger partial charge in [0.25, 0.3) is 0 Å². The Kier molecular flexibility index (Phi) is 5.30. The number of hydrogen-bond donors (Lipinski definition) is 1. The summed E-state index contributed by atoms with van der Waals surface area (Å²) in [5, 5.41) is 3.26. The molecule has 1 aliphatic heterocycles. The van der Waals surface area contributed by atoms with E-state index in [1.54, 1.807) is 25.3 Å². The number of carbonyl (C=O) groups is 1. The summed E-state index contributed by atoms with van der Waals surface area (Å²) in [6.07, 6.45) is 4.08. The van der Waals surface area contributed by atoms with Crippen molar-refractivity contribution in [2.24, 2.45) is 0 Å². The summed E-state index contributed by atoms with van der Waals surface area (Å²) in [7, 11) is 0. The molecule has 3 rings (SSSR count). The standard InChI is InChI=1S/C17H19FN4OS/c1-12-4-5-13(10-14(12)18)20-16(23)11-24-17-19-7-6-15(21-17)22-8-2-3-9-22/h4-7,10H,2-3,8-9,11H2,1H3,(H,20,23). The third-order valence-corrected chi connectivity index (χ3v) is 4.70. The lowest BCUT2D eigenvalue weighted by Crippen LogP contribution is -2.19. The van der Waals surface area contributed by atoms with Crippen LogP contribution in [-0.2, 0) is 4.79 Å². The molecule has 0 bridgehead atoms. The molecular weight excluding hydrogens is 327 g/mol. The van der Waals surface area contributed by atoms with Gasteiger partial charge in [-0.05, 0) is 43.5 Å². The second-order valence-corrected chi connectivity index (χ2v) is 6.63. The average molecular weight is 346 g/mol. The Labute approximate surface area is 144 Å². The molecule has 0 unspecified atom stereocenters. The number of rotatable bonds is 5. The van der Waals surface area contributed by atoms with Crippen LogP contribution in [0.25, 0.3) is 0 Å². The van der Waals surface area contributed by atoms with Gasteiger partial charge in [-0.25, -0.2) is 14.4 Å². The van der Waals surface area contributed by atoms with Crippen molar-refractivity contribution in [3.63, 3.8) is 0 Å². The maximum atomic E-state index is 13.5. The maximum absolute atomic E-state index is 13.5. The average Bonchev–Trinajstić information content (AvgIpc) is 3.11. The van der Waals surface area contributed by atoms with Gasteiger partial charge < -0.3 is 10.2 Å². The number of thioether (sulfide) groups is 1. The molecule has 1 N–H and O–H groups in total. The number of carbonyl (C=O) groups excluding carboxylic acids is 1. The third-order valence-electron chi connectivity index (χ3n) is 3.84. The molecule has 126 valence electrons. The van der Waals surface area contributed by atoms with Crippen molar-refractivity contribution in [3.05, 3.63) is 41.8 Å². The monoisotopic (exact) mass is 346 g/mol. The highest BCUT2D eigenvalue weighted by atomic mass is 32.2. The zero-order valence-corrected chi connectivity index (χ0v) is 14.3. The highest BCUT2D eigenvalue weighted by molar-refractivity contribution is 7.99. The van der Waals surface area contributed by atoms with E-state index in [1.807, 2.05) is 6.07 Å². The van der Waals surface area contributed by atoms with Crippen molar-refractivity contribution < 1.29 is 9.18 Å². The molecule has 0 saturated carbocycles. The molecule has 1 amide bonds. The number of hydrogen-bond acceptors (Lipinski definition) is 5. The Hall–Kier alpha value is -2.15. The first-order valence-corrected chi connectivity index (χ1v) is 8.87. The van der Waals surface area contributed by atoms with E-state index in [9.17, 15) is 9.18 Å². The maximum Gasteiger partial charge on any atom is 0.234 e. The Balaban J connectivity index is 1.55. The van der Waals surface area contributed by atoms with E-state index < -0.39 is 0 Å². The zero-order chi connectivity index (χ0) is 16.9. The summed E-state index contributed by atoms with van der Waals surface area (Å²) in [5.41, 5.74) is 1.00. The van der Waals surface area contributed by atoms with Crippen LogP contribution in [0.5, 0.6) is 0 Å². The van der Waals surface area contributed by atoms with Gasteiger partial charge >= 0.3 is 0 Å². The van der Waals surface area contributed by atoms with Crippen LogP contribution in [0.15, 0.2) is 35.6 Å². The summed E-state index contributed by atoms with van der Waals surface area (Å²) in [6, 6.07) is 6.54. The van der Waals surface area contributed by atoms with Crippen molar-refractivity contribution in [2.75, 3.05) is 29.1 Å². The van der Waals surface area contributed by atoms with Crippen LogP contribution < -0.4 is 10.2 Å². The molecule has 2 heterocycles. The Morgan fingerprint density at radius 2 is 2.12 bits per heavy atom. The highest BCUT2D eigenvalue weighted by Crippen LogP contribution is 2.21. The van der Waals surface area contributed by atoms with E-state index in [0.717, 1.165) is 18.9 Å². The fraction of sp³-hybridized carbons (Fsp3) is 0.353. The van der Waals surface area contributed by atoms with Crippen LogP contribution in [-0.4, -0.2) is 34.7 Å². The van der Waals surface area contributed by atoms with Gasteiger partial charge in [0.1, 0.15) is 11.6 Å². The van der Waals surface area contributed by atoms with Gasteiger partial charge in [-0.15, -0.1) is 0 Å². The molecule has 0 radical (unpaired) electrons. The zero-order valence-electron chi connectivity index (χ0n) is 13.5. The number of aromatic nitrogens is 2. The van der Waals surface area contributed by atoms with Crippen molar-refractivity contribution in [1.82, 2.24) is 9.97 Å². The summed E-state index contributed by atoms with van der Waals surface area (Å²) in [6.45, 7) is 3.71. The fourth-order valence-electron chi connectivity index (χ4n) is 2.52.